The minimum atomic E-state index is -0.158. The maximum Gasteiger partial charge on any atom is 0.319 e. The lowest BCUT2D eigenvalue weighted by atomic mass is 10.0. The Bertz CT molecular complexity index is 654. The van der Waals surface area contributed by atoms with E-state index in [4.69, 9.17) is 0 Å². The van der Waals surface area contributed by atoms with E-state index in [1.165, 1.54) is 5.56 Å². The number of aromatic nitrogens is 1. The van der Waals surface area contributed by atoms with Crippen molar-refractivity contribution >= 4 is 27.6 Å². The van der Waals surface area contributed by atoms with Crippen LogP contribution in [0, 0.1) is 0 Å². The number of carbonyl (C=O) groups excluding carboxylic acids is 1. The topological polar surface area (TPSA) is 57.3 Å². The number of hydrogen-bond acceptors (Lipinski definition) is 3. The fraction of sp³-hybridized carbons (Fsp3) is 0.333. The van der Waals surface area contributed by atoms with Crippen LogP contribution in [-0.4, -0.2) is 35.0 Å². The zero-order valence-corrected chi connectivity index (χ0v) is 15.0. The predicted molar refractivity (Wildman–Crippen MR) is 98.8 cm³/mol. The third kappa shape index (κ3) is 5.04. The summed E-state index contributed by atoms with van der Waals surface area (Å²) in [7, 11) is 0. The molecule has 2 amide bonds. The van der Waals surface area contributed by atoms with E-state index in [2.05, 4.69) is 60.7 Å². The highest BCUT2D eigenvalue weighted by Gasteiger charge is 2.20. The Balaban J connectivity index is 1.41. The van der Waals surface area contributed by atoms with Crippen molar-refractivity contribution in [1.82, 2.24) is 15.2 Å². The molecule has 0 bridgehead atoms. The highest BCUT2D eigenvalue weighted by atomic mass is 79.9. The molecule has 126 valence electrons. The van der Waals surface area contributed by atoms with E-state index < -0.39 is 0 Å². The summed E-state index contributed by atoms with van der Waals surface area (Å²) in [4.78, 5) is 18.4. The second kappa shape index (κ2) is 8.26. The number of benzene rings is 1. The molecule has 0 radical (unpaired) electrons. The molecule has 6 heteroatoms. The maximum absolute atomic E-state index is 12.0. The van der Waals surface area contributed by atoms with Gasteiger partial charge in [-0.1, -0.05) is 28.1 Å². The number of rotatable bonds is 4. The molecule has 1 aromatic heterocycles. The lowest BCUT2D eigenvalue weighted by Gasteiger charge is -2.32. The standard InChI is InChI=1S/C18H21BrN4O/c19-15-5-3-14(4-6-15)13-23-10-7-16(8-11-23)21-18(24)22-17-2-1-9-20-12-17/h1-6,9,12,16H,7-8,10-11,13H2,(H2,21,22,24). The van der Waals surface area contributed by atoms with Gasteiger partial charge in [-0.05, 0) is 42.7 Å². The van der Waals surface area contributed by atoms with Gasteiger partial charge >= 0.3 is 6.03 Å². The number of halogens is 1. The van der Waals surface area contributed by atoms with Crippen LogP contribution in [0.3, 0.4) is 0 Å². The molecule has 3 rings (SSSR count). The number of amides is 2. The highest BCUT2D eigenvalue weighted by Crippen LogP contribution is 2.16. The van der Waals surface area contributed by atoms with Crippen molar-refractivity contribution in [2.45, 2.75) is 25.4 Å². The van der Waals surface area contributed by atoms with E-state index in [-0.39, 0.29) is 12.1 Å². The van der Waals surface area contributed by atoms with E-state index in [1.807, 2.05) is 6.07 Å². The lowest BCUT2D eigenvalue weighted by Crippen LogP contribution is -2.45. The van der Waals surface area contributed by atoms with Crippen LogP contribution in [0.15, 0.2) is 53.3 Å². The number of anilines is 1. The molecule has 1 fully saturated rings. The van der Waals surface area contributed by atoms with E-state index in [9.17, 15) is 4.79 Å². The fourth-order valence-electron chi connectivity index (χ4n) is 2.87. The average molecular weight is 389 g/mol. The molecule has 24 heavy (non-hydrogen) atoms. The predicted octanol–water partition coefficient (Wildman–Crippen LogP) is 3.63. The first kappa shape index (κ1) is 16.9. The van der Waals surface area contributed by atoms with Crippen molar-refractivity contribution in [3.05, 3.63) is 58.8 Å². The third-order valence-corrected chi connectivity index (χ3v) is 4.69. The van der Waals surface area contributed by atoms with E-state index in [1.54, 1.807) is 18.5 Å². The minimum Gasteiger partial charge on any atom is -0.335 e. The number of carbonyl (C=O) groups is 1. The van der Waals surface area contributed by atoms with Gasteiger partial charge in [0, 0.05) is 36.3 Å². The number of hydrogen-bond donors (Lipinski definition) is 2. The van der Waals surface area contributed by atoms with Gasteiger partial charge in [-0.25, -0.2) is 4.79 Å². The molecule has 5 nitrogen and oxygen atoms in total. The van der Waals surface area contributed by atoms with Gasteiger partial charge in [0.25, 0.3) is 0 Å². The Morgan fingerprint density at radius 3 is 2.62 bits per heavy atom. The van der Waals surface area contributed by atoms with Gasteiger partial charge in [0.1, 0.15) is 0 Å². The summed E-state index contributed by atoms with van der Waals surface area (Å²) < 4.78 is 1.11. The van der Waals surface area contributed by atoms with Crippen molar-refractivity contribution in [3.8, 4) is 0 Å². The van der Waals surface area contributed by atoms with Gasteiger partial charge in [0.15, 0.2) is 0 Å². The number of piperidine rings is 1. The number of urea groups is 1. The van der Waals surface area contributed by atoms with E-state index >= 15 is 0 Å². The molecule has 1 saturated heterocycles. The fourth-order valence-corrected chi connectivity index (χ4v) is 3.14. The third-order valence-electron chi connectivity index (χ3n) is 4.16. The van der Waals surface area contributed by atoms with Crippen LogP contribution in [0.2, 0.25) is 0 Å². The Labute approximate surface area is 150 Å². The second-order valence-corrected chi connectivity index (χ2v) is 6.93. The molecule has 1 aliphatic rings. The zero-order valence-electron chi connectivity index (χ0n) is 13.4. The summed E-state index contributed by atoms with van der Waals surface area (Å²) in [6.45, 7) is 2.95. The second-order valence-electron chi connectivity index (χ2n) is 6.02. The van der Waals surface area contributed by atoms with Crippen molar-refractivity contribution in [3.63, 3.8) is 0 Å². The summed E-state index contributed by atoms with van der Waals surface area (Å²) in [6.07, 6.45) is 5.26. The number of pyridine rings is 1. The summed E-state index contributed by atoms with van der Waals surface area (Å²) >= 11 is 3.46. The normalized spacial score (nSPS) is 15.9. The van der Waals surface area contributed by atoms with Gasteiger partial charge in [-0.15, -0.1) is 0 Å². The van der Waals surface area contributed by atoms with Crippen LogP contribution in [0.25, 0.3) is 0 Å². The van der Waals surface area contributed by atoms with Crippen LogP contribution < -0.4 is 10.6 Å². The largest absolute Gasteiger partial charge is 0.335 e. The molecule has 0 spiro atoms. The van der Waals surface area contributed by atoms with Gasteiger partial charge in [0.05, 0.1) is 11.9 Å². The first-order valence-electron chi connectivity index (χ1n) is 8.13. The van der Waals surface area contributed by atoms with Crippen molar-refractivity contribution in [2.75, 3.05) is 18.4 Å². The van der Waals surface area contributed by atoms with Crippen LogP contribution in [0.5, 0.6) is 0 Å². The number of nitrogens with one attached hydrogen (secondary N) is 2. The summed E-state index contributed by atoms with van der Waals surface area (Å²) in [5.74, 6) is 0. The average Bonchev–Trinajstić information content (AvgIpc) is 2.59. The van der Waals surface area contributed by atoms with Crippen LogP contribution in [0.4, 0.5) is 10.5 Å². The Hall–Kier alpha value is -1.92. The number of likely N-dealkylation sites (tertiary alicyclic amines) is 1. The Morgan fingerprint density at radius 1 is 1.21 bits per heavy atom. The molecule has 0 saturated carbocycles. The molecule has 2 heterocycles. The summed E-state index contributed by atoms with van der Waals surface area (Å²) in [5, 5.41) is 5.86. The molecule has 0 aliphatic carbocycles. The lowest BCUT2D eigenvalue weighted by molar-refractivity contribution is 0.190. The quantitative estimate of drug-likeness (QED) is 0.840. The summed E-state index contributed by atoms with van der Waals surface area (Å²) in [5.41, 5.74) is 2.03. The molecule has 2 aromatic rings. The van der Waals surface area contributed by atoms with Gasteiger partial charge in [0.2, 0.25) is 0 Å². The summed E-state index contributed by atoms with van der Waals surface area (Å²) in [6, 6.07) is 12.1. The first-order valence-corrected chi connectivity index (χ1v) is 8.93. The smallest absolute Gasteiger partial charge is 0.319 e. The first-order chi connectivity index (χ1) is 11.7. The maximum atomic E-state index is 12.0. The van der Waals surface area contributed by atoms with Crippen molar-refractivity contribution < 1.29 is 4.79 Å². The van der Waals surface area contributed by atoms with Crippen LogP contribution >= 0.6 is 15.9 Å². The van der Waals surface area contributed by atoms with Crippen molar-refractivity contribution in [1.29, 1.82) is 0 Å². The zero-order chi connectivity index (χ0) is 16.8. The van der Waals surface area contributed by atoms with Crippen molar-refractivity contribution in [2.24, 2.45) is 0 Å². The minimum absolute atomic E-state index is 0.158. The molecule has 0 atom stereocenters. The van der Waals surface area contributed by atoms with Gasteiger partial charge < -0.3 is 10.6 Å². The Morgan fingerprint density at radius 2 is 1.96 bits per heavy atom. The monoisotopic (exact) mass is 388 g/mol. The van der Waals surface area contributed by atoms with Crippen LogP contribution in [0.1, 0.15) is 18.4 Å². The molecule has 0 unspecified atom stereocenters. The highest BCUT2D eigenvalue weighted by molar-refractivity contribution is 9.10. The molecular formula is C18H21BrN4O. The van der Waals surface area contributed by atoms with Gasteiger partial charge in [-0.2, -0.15) is 0 Å². The Kier molecular flexibility index (Phi) is 5.82. The van der Waals surface area contributed by atoms with Crippen LogP contribution in [-0.2, 0) is 6.54 Å². The van der Waals surface area contributed by atoms with E-state index in [0.717, 1.165) is 36.9 Å². The number of nitrogens with zero attached hydrogens (tertiary/aromatic N) is 2. The van der Waals surface area contributed by atoms with Gasteiger partial charge in [-0.3, -0.25) is 9.88 Å². The molecule has 1 aliphatic heterocycles. The molecular weight excluding hydrogens is 368 g/mol. The molecule has 1 aromatic carbocycles. The molecule has 2 N–H and O–H groups in total. The SMILES string of the molecule is O=C(Nc1cccnc1)NC1CCN(Cc2ccc(Br)cc2)CC1. The van der Waals surface area contributed by atoms with E-state index in [0.29, 0.717) is 5.69 Å².